The van der Waals surface area contributed by atoms with Crippen molar-refractivity contribution in [2.24, 2.45) is 0 Å². The molecule has 4 aromatic rings. The van der Waals surface area contributed by atoms with Crippen LogP contribution >= 0.6 is 0 Å². The van der Waals surface area contributed by atoms with Gasteiger partial charge in [-0.1, -0.05) is 12.1 Å². The zero-order chi connectivity index (χ0) is 28.9. The van der Waals surface area contributed by atoms with Gasteiger partial charge in [-0.3, -0.25) is 19.8 Å². The molecule has 2 N–H and O–H groups in total. The van der Waals surface area contributed by atoms with Crippen molar-refractivity contribution in [1.29, 1.82) is 0 Å². The number of nitrogens with zero attached hydrogens (tertiary/aromatic N) is 5. The highest BCUT2D eigenvalue weighted by Gasteiger charge is 2.22. The van der Waals surface area contributed by atoms with Crippen LogP contribution in [0.2, 0.25) is 0 Å². The van der Waals surface area contributed by atoms with Crippen molar-refractivity contribution in [3.8, 4) is 17.1 Å². The third kappa shape index (κ3) is 6.68. The van der Waals surface area contributed by atoms with Gasteiger partial charge >= 0.3 is 5.69 Å². The number of aromatic nitrogens is 2. The molecule has 1 aliphatic rings. The van der Waals surface area contributed by atoms with E-state index in [0.29, 0.717) is 28.9 Å². The maximum atomic E-state index is 13.0. The lowest BCUT2D eigenvalue weighted by molar-refractivity contribution is -0.385. The molecule has 12 heteroatoms. The Morgan fingerprint density at radius 2 is 1.83 bits per heavy atom. The van der Waals surface area contributed by atoms with E-state index in [9.17, 15) is 24.5 Å². The number of piperazine rings is 1. The minimum atomic E-state index is -0.542. The first kappa shape index (κ1) is 27.7. The number of amides is 1. The summed E-state index contributed by atoms with van der Waals surface area (Å²) in [4.78, 5) is 32.5. The Hall–Kier alpha value is -4.81. The van der Waals surface area contributed by atoms with Crippen LogP contribution in [-0.2, 0) is 4.79 Å². The maximum Gasteiger partial charge on any atom is 0.313 e. The molecule has 1 fully saturated rings. The summed E-state index contributed by atoms with van der Waals surface area (Å²) < 4.78 is 19.6. The predicted octanol–water partition coefficient (Wildman–Crippen LogP) is 4.27. The molecular weight excluding hydrogens is 531 g/mol. The first-order chi connectivity index (χ1) is 19.8. The number of imidazole rings is 1. The number of nitro groups is 1. The van der Waals surface area contributed by atoms with E-state index in [2.05, 4.69) is 27.1 Å². The number of fused-ring (bicyclic) bond motifs is 1. The van der Waals surface area contributed by atoms with Gasteiger partial charge in [-0.15, -0.1) is 0 Å². The van der Waals surface area contributed by atoms with Gasteiger partial charge in [-0.25, -0.2) is 9.37 Å². The Morgan fingerprint density at radius 1 is 1.12 bits per heavy atom. The van der Waals surface area contributed by atoms with Crippen molar-refractivity contribution in [2.45, 2.75) is 0 Å². The number of carbonyl (C=O) groups is 1. The number of carbonyl (C=O) groups excluding carboxylic acids is 1. The van der Waals surface area contributed by atoms with Gasteiger partial charge in [0.15, 0.2) is 11.6 Å². The highest BCUT2D eigenvalue weighted by Crippen LogP contribution is 2.34. The number of hydrogen-bond donors (Lipinski definition) is 2. The summed E-state index contributed by atoms with van der Waals surface area (Å²) >= 11 is 0. The fourth-order valence-electron chi connectivity index (χ4n) is 4.52. The molecule has 2 heterocycles. The number of hydrogen-bond acceptors (Lipinski definition) is 8. The molecule has 3 aromatic carbocycles. The fourth-order valence-corrected chi connectivity index (χ4v) is 4.52. The smallest absolute Gasteiger partial charge is 0.313 e. The lowest BCUT2D eigenvalue weighted by Crippen LogP contribution is -2.45. The van der Waals surface area contributed by atoms with Crippen molar-refractivity contribution >= 4 is 34.4 Å². The van der Waals surface area contributed by atoms with Crippen molar-refractivity contribution in [2.75, 3.05) is 51.7 Å². The van der Waals surface area contributed by atoms with Crippen LogP contribution in [-0.4, -0.2) is 81.9 Å². The zero-order valence-electron chi connectivity index (χ0n) is 22.4. The summed E-state index contributed by atoms with van der Waals surface area (Å²) in [6.45, 7) is 4.68. The Balaban J connectivity index is 1.28. The number of nitro benzene ring substituents is 1. The summed E-state index contributed by atoms with van der Waals surface area (Å²) in [5.74, 6) is -0.457. The topological polar surface area (TPSA) is 126 Å². The molecule has 1 saturated heterocycles. The normalized spacial score (nSPS) is 14.5. The van der Waals surface area contributed by atoms with Crippen LogP contribution in [0.15, 0.2) is 66.7 Å². The number of ether oxygens (including phenoxy) is 1. The summed E-state index contributed by atoms with van der Waals surface area (Å²) in [7, 11) is 2.07. The van der Waals surface area contributed by atoms with Crippen LogP contribution in [0.25, 0.3) is 28.5 Å². The first-order valence-corrected chi connectivity index (χ1v) is 13.1. The second-order valence-corrected chi connectivity index (χ2v) is 9.76. The van der Waals surface area contributed by atoms with Crippen molar-refractivity contribution in [3.63, 3.8) is 0 Å². The molecule has 212 valence electrons. The number of nitrogens with one attached hydrogen (secondary N) is 1. The second-order valence-electron chi connectivity index (χ2n) is 9.76. The van der Waals surface area contributed by atoms with Gasteiger partial charge in [-0.05, 0) is 55.1 Å². The SMILES string of the molecule is CN1CCN(CCOc2cc3nc(-c4ccc(NC(=O)/C=C/c5ccc(F)cc5)cc4)n(O)c3cc2[N+](=O)[O-])CC1. The largest absolute Gasteiger partial charge is 0.485 e. The molecule has 0 aliphatic carbocycles. The molecule has 0 unspecified atom stereocenters. The van der Waals surface area contributed by atoms with E-state index >= 15 is 0 Å². The molecule has 1 aliphatic heterocycles. The Labute approximate surface area is 235 Å². The summed E-state index contributed by atoms with van der Waals surface area (Å²) in [5.41, 5.74) is 1.97. The van der Waals surface area contributed by atoms with Crippen LogP contribution < -0.4 is 10.1 Å². The molecule has 41 heavy (non-hydrogen) atoms. The molecule has 11 nitrogen and oxygen atoms in total. The van der Waals surface area contributed by atoms with Crippen LogP contribution in [0.5, 0.6) is 5.75 Å². The highest BCUT2D eigenvalue weighted by atomic mass is 19.1. The number of anilines is 1. The summed E-state index contributed by atoms with van der Waals surface area (Å²) in [6.07, 6.45) is 2.91. The van der Waals surface area contributed by atoms with E-state index < -0.39 is 4.92 Å². The minimum Gasteiger partial charge on any atom is -0.485 e. The molecule has 0 spiro atoms. The first-order valence-electron chi connectivity index (χ1n) is 13.1. The molecule has 1 amide bonds. The Bertz CT molecular complexity index is 1580. The van der Waals surface area contributed by atoms with Crippen LogP contribution in [0.3, 0.4) is 0 Å². The fraction of sp³-hybridized carbons (Fsp3) is 0.241. The average Bonchev–Trinajstić information content (AvgIpc) is 3.28. The summed E-state index contributed by atoms with van der Waals surface area (Å²) in [6, 6.07) is 15.1. The standard InChI is InChI=1S/C29H29FN6O5/c1-33-12-14-34(15-13-33)16-17-41-27-18-24-25(19-26(27)36(39)40)35(38)29(32-24)21-5-9-23(10-6-21)31-28(37)11-4-20-2-7-22(30)8-3-20/h2-11,18-19,38H,12-17H2,1H3,(H,31,37)/b11-4+. The minimum absolute atomic E-state index is 0.0908. The van der Waals surface area contributed by atoms with Crippen LogP contribution in [0, 0.1) is 15.9 Å². The maximum absolute atomic E-state index is 13.0. The molecule has 1 aromatic heterocycles. The van der Waals surface area contributed by atoms with Crippen LogP contribution in [0.4, 0.5) is 15.8 Å². The number of rotatable bonds is 9. The van der Waals surface area contributed by atoms with Gasteiger partial charge < -0.3 is 20.2 Å². The van der Waals surface area contributed by atoms with Crippen molar-refractivity contribution in [1.82, 2.24) is 19.5 Å². The van der Waals surface area contributed by atoms with Crippen molar-refractivity contribution in [3.05, 3.63) is 88.2 Å². The number of benzene rings is 3. The lowest BCUT2D eigenvalue weighted by atomic mass is 10.2. The lowest BCUT2D eigenvalue weighted by Gasteiger charge is -2.32. The molecule has 0 atom stereocenters. The highest BCUT2D eigenvalue weighted by molar-refractivity contribution is 6.02. The predicted molar refractivity (Wildman–Crippen MR) is 153 cm³/mol. The third-order valence-electron chi connectivity index (χ3n) is 6.88. The van der Waals surface area contributed by atoms with E-state index in [4.69, 9.17) is 4.74 Å². The Morgan fingerprint density at radius 3 is 2.51 bits per heavy atom. The van der Waals surface area contributed by atoms with E-state index in [0.717, 1.165) is 30.9 Å². The third-order valence-corrected chi connectivity index (χ3v) is 6.88. The van der Waals surface area contributed by atoms with Gasteiger partial charge in [0.25, 0.3) is 0 Å². The molecule has 5 rings (SSSR count). The molecule has 0 bridgehead atoms. The van der Waals surface area contributed by atoms with Gasteiger partial charge in [0.1, 0.15) is 17.9 Å². The van der Waals surface area contributed by atoms with Crippen LogP contribution in [0.1, 0.15) is 5.56 Å². The van der Waals surface area contributed by atoms with E-state index in [1.807, 2.05) is 0 Å². The molecular formula is C29H29FN6O5. The molecule has 0 saturated carbocycles. The van der Waals surface area contributed by atoms with Gasteiger partial charge in [-0.2, -0.15) is 4.73 Å². The second kappa shape index (κ2) is 12.1. The van der Waals surface area contributed by atoms with Gasteiger partial charge in [0, 0.05) is 62.2 Å². The number of likely N-dealkylation sites (N-methyl/N-ethyl adjacent to an activating group) is 1. The monoisotopic (exact) mass is 560 g/mol. The van der Waals surface area contributed by atoms with Gasteiger partial charge in [0.2, 0.25) is 5.91 Å². The quantitative estimate of drug-likeness (QED) is 0.135. The van der Waals surface area contributed by atoms with E-state index in [1.165, 1.54) is 30.3 Å². The van der Waals surface area contributed by atoms with Crippen molar-refractivity contribution < 1.29 is 24.1 Å². The average molecular weight is 561 g/mol. The van der Waals surface area contributed by atoms with E-state index in [-0.39, 0.29) is 41.1 Å². The Kier molecular flexibility index (Phi) is 8.22. The molecule has 0 radical (unpaired) electrons. The zero-order valence-corrected chi connectivity index (χ0v) is 22.4. The van der Waals surface area contributed by atoms with Gasteiger partial charge in [0.05, 0.1) is 10.4 Å². The van der Waals surface area contributed by atoms with E-state index in [1.54, 1.807) is 42.5 Å². The summed E-state index contributed by atoms with van der Waals surface area (Å²) in [5, 5.41) is 25.3. The number of halogens is 1.